The second-order valence-electron chi connectivity index (χ2n) is 7.19. The predicted molar refractivity (Wildman–Crippen MR) is 108 cm³/mol. The van der Waals surface area contributed by atoms with E-state index in [1.165, 1.54) is 11.1 Å². The molecule has 3 rings (SSSR count). The molecule has 0 aliphatic heterocycles. The average Bonchev–Trinajstić information content (AvgIpc) is 3.03. The molecule has 2 unspecified atom stereocenters. The molecule has 0 spiro atoms. The Morgan fingerprint density at radius 2 is 1.79 bits per heavy atom. The summed E-state index contributed by atoms with van der Waals surface area (Å²) in [5.41, 5.74) is 2.56. The largest absolute Gasteiger partial charge is 0.460 e. The minimum Gasteiger partial charge on any atom is -0.460 e. The molecule has 1 aliphatic rings. The molecule has 1 aliphatic carbocycles. The Balaban J connectivity index is 1.62. The summed E-state index contributed by atoms with van der Waals surface area (Å²) < 4.78 is 10.9. The van der Waals surface area contributed by atoms with Gasteiger partial charge >= 0.3 is 11.9 Å². The Morgan fingerprint density at radius 1 is 1.10 bits per heavy atom. The Kier molecular flexibility index (Phi) is 6.32. The summed E-state index contributed by atoms with van der Waals surface area (Å²) in [5, 5.41) is 2.63. The van der Waals surface area contributed by atoms with Gasteiger partial charge < -0.3 is 14.8 Å². The van der Waals surface area contributed by atoms with Gasteiger partial charge in [0.2, 0.25) is 0 Å². The molecule has 0 saturated heterocycles. The summed E-state index contributed by atoms with van der Waals surface area (Å²) in [4.78, 5) is 36.7. The van der Waals surface area contributed by atoms with Gasteiger partial charge in [-0.25, -0.2) is 4.79 Å². The van der Waals surface area contributed by atoms with Crippen molar-refractivity contribution >= 4 is 17.8 Å². The van der Waals surface area contributed by atoms with Crippen molar-refractivity contribution in [2.45, 2.75) is 51.7 Å². The smallest absolute Gasteiger partial charge is 0.328 e. The van der Waals surface area contributed by atoms with Gasteiger partial charge in [-0.2, -0.15) is 0 Å². The van der Waals surface area contributed by atoms with Gasteiger partial charge in [0, 0.05) is 18.8 Å². The molecule has 6 nitrogen and oxygen atoms in total. The van der Waals surface area contributed by atoms with Gasteiger partial charge in [0.05, 0.1) is 5.56 Å². The Morgan fingerprint density at radius 3 is 2.52 bits per heavy atom. The zero-order valence-corrected chi connectivity index (χ0v) is 16.8. The number of fused-ring (bicyclic) bond motifs is 1. The fourth-order valence-corrected chi connectivity index (χ4v) is 3.42. The van der Waals surface area contributed by atoms with Crippen molar-refractivity contribution in [3.05, 3.63) is 65.2 Å². The zero-order chi connectivity index (χ0) is 21.0. The van der Waals surface area contributed by atoms with Crippen molar-refractivity contribution in [2.24, 2.45) is 0 Å². The fourth-order valence-electron chi connectivity index (χ4n) is 3.42. The van der Waals surface area contributed by atoms with Gasteiger partial charge in [0.15, 0.2) is 0 Å². The lowest BCUT2D eigenvalue weighted by Gasteiger charge is -2.20. The maximum Gasteiger partial charge on any atom is 0.328 e. The highest BCUT2D eigenvalue weighted by atomic mass is 16.5. The third-order valence-electron chi connectivity index (χ3n) is 5.14. The maximum atomic E-state index is 12.6. The molecule has 6 heteroatoms. The number of ether oxygens (including phenoxy) is 2. The Hall–Kier alpha value is -3.15. The number of nitrogens with one attached hydrogen (secondary N) is 1. The van der Waals surface area contributed by atoms with E-state index in [2.05, 4.69) is 5.32 Å². The lowest BCUT2D eigenvalue weighted by atomic mass is 10.0. The van der Waals surface area contributed by atoms with Gasteiger partial charge in [-0.15, -0.1) is 0 Å². The molecule has 0 fully saturated rings. The summed E-state index contributed by atoms with van der Waals surface area (Å²) >= 11 is 0. The van der Waals surface area contributed by atoms with Crippen LogP contribution in [-0.4, -0.2) is 30.0 Å². The number of carbonyl (C=O) groups excluding carboxylic acids is 3. The second-order valence-corrected chi connectivity index (χ2v) is 7.19. The van der Waals surface area contributed by atoms with E-state index in [4.69, 9.17) is 9.47 Å². The van der Waals surface area contributed by atoms with Crippen LogP contribution >= 0.6 is 0 Å². The monoisotopic (exact) mass is 395 g/mol. The number of para-hydroxylation sites is 1. The third-order valence-corrected chi connectivity index (χ3v) is 5.14. The molecule has 0 radical (unpaired) electrons. The third kappa shape index (κ3) is 4.65. The van der Waals surface area contributed by atoms with Crippen LogP contribution in [-0.2, 0) is 20.7 Å². The molecule has 0 heterocycles. The number of carbonyl (C=O) groups is 3. The van der Waals surface area contributed by atoms with Crippen molar-refractivity contribution in [3.8, 4) is 5.75 Å². The van der Waals surface area contributed by atoms with Crippen molar-refractivity contribution in [1.29, 1.82) is 0 Å². The highest BCUT2D eigenvalue weighted by molar-refractivity contribution is 5.99. The minimum absolute atomic E-state index is 0.104. The van der Waals surface area contributed by atoms with Crippen LogP contribution in [0, 0.1) is 0 Å². The van der Waals surface area contributed by atoms with Crippen LogP contribution < -0.4 is 10.1 Å². The van der Waals surface area contributed by atoms with E-state index in [1.807, 2.05) is 31.2 Å². The molecule has 1 amide bonds. The number of esters is 2. The molecular weight excluding hydrogens is 370 g/mol. The topological polar surface area (TPSA) is 81.7 Å². The number of hydrogen-bond donors (Lipinski definition) is 1. The molecular formula is C23H25NO5. The summed E-state index contributed by atoms with van der Waals surface area (Å²) in [6.07, 6.45) is 0.609. The van der Waals surface area contributed by atoms with Crippen LogP contribution in [0.25, 0.3) is 0 Å². The minimum atomic E-state index is -0.839. The van der Waals surface area contributed by atoms with Crippen LogP contribution in [0.2, 0.25) is 0 Å². The number of amides is 1. The summed E-state index contributed by atoms with van der Waals surface area (Å²) in [6.45, 7) is 5.28. The molecule has 2 aromatic carbocycles. The molecule has 152 valence electrons. The molecule has 0 bridgehead atoms. The van der Waals surface area contributed by atoms with E-state index >= 15 is 0 Å². The highest BCUT2D eigenvalue weighted by Gasteiger charge is 2.33. The van der Waals surface area contributed by atoms with Crippen molar-refractivity contribution < 1.29 is 23.9 Å². The molecule has 29 heavy (non-hydrogen) atoms. The molecule has 2 aromatic rings. The van der Waals surface area contributed by atoms with Crippen LogP contribution in [0.3, 0.4) is 0 Å². The number of rotatable bonds is 6. The highest BCUT2D eigenvalue weighted by Crippen LogP contribution is 2.34. The quantitative estimate of drug-likeness (QED) is 0.599. The van der Waals surface area contributed by atoms with E-state index in [0.29, 0.717) is 6.42 Å². The zero-order valence-electron chi connectivity index (χ0n) is 16.8. The number of hydrogen-bond acceptors (Lipinski definition) is 5. The van der Waals surface area contributed by atoms with E-state index < -0.39 is 23.9 Å². The molecule has 0 aromatic heterocycles. The molecule has 0 saturated carbocycles. The normalized spacial score (nSPS) is 18.4. The first-order valence-electron chi connectivity index (χ1n) is 9.79. The van der Waals surface area contributed by atoms with Gasteiger partial charge in [-0.1, -0.05) is 50.2 Å². The fraction of sp³-hybridized carbons (Fsp3) is 0.348. The van der Waals surface area contributed by atoms with Gasteiger partial charge in [0.25, 0.3) is 5.91 Å². The SMILES string of the molecule is CCC(=O)Oc1ccccc1C(=O)N[C@@H](C)C(=O)OC1Cc2ccccc2C1C. The van der Waals surface area contributed by atoms with Crippen LogP contribution in [0.5, 0.6) is 5.75 Å². The Bertz CT molecular complexity index is 923. The average molecular weight is 395 g/mol. The standard InChI is InChI=1S/C23H25NO5/c1-4-21(25)28-19-12-8-7-11-18(19)22(26)24-15(3)23(27)29-20-13-16-9-5-6-10-17(16)14(20)2/h5-12,14-15,20H,4,13H2,1-3H3,(H,24,26)/t14?,15-,20?/m0/s1. The summed E-state index contributed by atoms with van der Waals surface area (Å²) in [5.74, 6) is -1.17. The van der Waals surface area contributed by atoms with Crippen molar-refractivity contribution in [2.75, 3.05) is 0 Å². The Labute approximate surface area is 170 Å². The van der Waals surface area contributed by atoms with E-state index in [-0.39, 0.29) is 29.8 Å². The van der Waals surface area contributed by atoms with Crippen molar-refractivity contribution in [3.63, 3.8) is 0 Å². The maximum absolute atomic E-state index is 12.6. The lowest BCUT2D eigenvalue weighted by Crippen LogP contribution is -2.41. The van der Waals surface area contributed by atoms with Gasteiger partial charge in [-0.3, -0.25) is 9.59 Å². The van der Waals surface area contributed by atoms with Crippen LogP contribution in [0.1, 0.15) is 54.6 Å². The van der Waals surface area contributed by atoms with E-state index in [9.17, 15) is 14.4 Å². The first-order chi connectivity index (χ1) is 13.9. The van der Waals surface area contributed by atoms with Crippen LogP contribution in [0.15, 0.2) is 48.5 Å². The van der Waals surface area contributed by atoms with E-state index in [1.54, 1.807) is 38.1 Å². The lowest BCUT2D eigenvalue weighted by molar-refractivity contribution is -0.151. The second kappa shape index (κ2) is 8.90. The van der Waals surface area contributed by atoms with Crippen LogP contribution in [0.4, 0.5) is 0 Å². The van der Waals surface area contributed by atoms with Gasteiger partial charge in [-0.05, 0) is 30.2 Å². The number of benzene rings is 2. The van der Waals surface area contributed by atoms with Gasteiger partial charge in [0.1, 0.15) is 17.9 Å². The summed E-state index contributed by atoms with van der Waals surface area (Å²) in [7, 11) is 0. The van der Waals surface area contributed by atoms with E-state index in [0.717, 1.165) is 0 Å². The first kappa shape index (κ1) is 20.6. The first-order valence-corrected chi connectivity index (χ1v) is 9.79. The predicted octanol–water partition coefficient (Wildman–Crippen LogP) is 3.39. The van der Waals surface area contributed by atoms with Crippen molar-refractivity contribution in [1.82, 2.24) is 5.32 Å². The summed E-state index contributed by atoms with van der Waals surface area (Å²) in [6, 6.07) is 13.6. The molecule has 3 atom stereocenters. The molecule has 1 N–H and O–H groups in total.